The third-order valence-electron chi connectivity index (χ3n) is 3.66. The SMILES string of the molecule is CCOC(=O)c1ccc2c(-c3ccccc3N)c(C(N)=O)cnn12. The number of amides is 1. The highest BCUT2D eigenvalue weighted by molar-refractivity contribution is 6.06. The number of carbonyl (C=O) groups is 2. The molecule has 0 bridgehead atoms. The number of nitrogens with two attached hydrogens (primary N) is 2. The maximum absolute atomic E-state index is 12.1. The van der Waals surface area contributed by atoms with Crippen LogP contribution in [0.3, 0.4) is 0 Å². The zero-order chi connectivity index (χ0) is 17.3. The van der Waals surface area contributed by atoms with E-state index in [0.717, 1.165) is 0 Å². The quantitative estimate of drug-likeness (QED) is 0.562. The highest BCUT2D eigenvalue weighted by Crippen LogP contribution is 2.33. The molecule has 3 rings (SSSR count). The number of fused-ring (bicyclic) bond motifs is 1. The van der Waals surface area contributed by atoms with Crippen LogP contribution < -0.4 is 11.5 Å². The molecule has 2 heterocycles. The normalized spacial score (nSPS) is 10.7. The molecule has 0 saturated heterocycles. The molecule has 0 spiro atoms. The third kappa shape index (κ3) is 2.45. The van der Waals surface area contributed by atoms with Crippen LogP contribution in [0.2, 0.25) is 0 Å². The molecule has 0 aliphatic carbocycles. The Kier molecular flexibility index (Phi) is 3.91. The predicted octanol–water partition coefficient (Wildman–Crippen LogP) is 1.86. The van der Waals surface area contributed by atoms with Crippen molar-refractivity contribution in [2.45, 2.75) is 6.92 Å². The van der Waals surface area contributed by atoms with E-state index in [1.165, 1.54) is 10.7 Å². The molecule has 7 nitrogen and oxygen atoms in total. The summed E-state index contributed by atoms with van der Waals surface area (Å²) in [5.74, 6) is -1.12. The average Bonchev–Trinajstić information content (AvgIpc) is 2.99. The lowest BCUT2D eigenvalue weighted by atomic mass is 9.99. The molecule has 0 aliphatic heterocycles. The first-order valence-corrected chi connectivity index (χ1v) is 7.37. The Morgan fingerprint density at radius 1 is 1.21 bits per heavy atom. The highest BCUT2D eigenvalue weighted by Gasteiger charge is 2.21. The Hall–Kier alpha value is -3.35. The molecule has 0 unspecified atom stereocenters. The first kappa shape index (κ1) is 15.5. The largest absolute Gasteiger partial charge is 0.461 e. The average molecular weight is 324 g/mol. The van der Waals surface area contributed by atoms with Gasteiger partial charge in [-0.25, -0.2) is 9.31 Å². The number of hydrogen-bond donors (Lipinski definition) is 2. The minimum absolute atomic E-state index is 0.230. The lowest BCUT2D eigenvalue weighted by Gasteiger charge is -2.12. The van der Waals surface area contributed by atoms with Crippen molar-refractivity contribution in [2.75, 3.05) is 12.3 Å². The van der Waals surface area contributed by atoms with Crippen molar-refractivity contribution in [3.05, 3.63) is 53.9 Å². The van der Waals surface area contributed by atoms with Crippen LogP contribution in [0.1, 0.15) is 27.8 Å². The van der Waals surface area contributed by atoms with Crippen molar-refractivity contribution in [3.8, 4) is 11.1 Å². The molecule has 122 valence electrons. The minimum Gasteiger partial charge on any atom is -0.461 e. The van der Waals surface area contributed by atoms with Crippen LogP contribution in [0.5, 0.6) is 0 Å². The summed E-state index contributed by atoms with van der Waals surface area (Å²) >= 11 is 0. The van der Waals surface area contributed by atoms with Crippen LogP contribution in [0.4, 0.5) is 5.69 Å². The molecular formula is C17H16N4O3. The van der Waals surface area contributed by atoms with Crippen molar-refractivity contribution in [1.29, 1.82) is 0 Å². The summed E-state index contributed by atoms with van der Waals surface area (Å²) in [6.45, 7) is 1.98. The fraction of sp³-hybridized carbons (Fsp3) is 0.118. The number of primary amides is 1. The first-order valence-electron chi connectivity index (χ1n) is 7.37. The van der Waals surface area contributed by atoms with Crippen LogP contribution >= 0.6 is 0 Å². The van der Waals surface area contributed by atoms with Gasteiger partial charge >= 0.3 is 5.97 Å². The number of para-hydroxylation sites is 1. The molecule has 24 heavy (non-hydrogen) atoms. The number of benzene rings is 1. The van der Waals surface area contributed by atoms with Crippen molar-refractivity contribution >= 4 is 23.1 Å². The Morgan fingerprint density at radius 2 is 1.96 bits per heavy atom. The second-order valence-corrected chi connectivity index (χ2v) is 5.12. The zero-order valence-corrected chi connectivity index (χ0v) is 13.0. The van der Waals surface area contributed by atoms with E-state index in [4.69, 9.17) is 16.2 Å². The standard InChI is InChI=1S/C17H16N4O3/c1-2-24-17(23)14-8-7-13-15(10-5-3-4-6-12(10)18)11(16(19)22)9-20-21(13)14/h3-9H,2,18H2,1H3,(H2,19,22). The van der Waals surface area contributed by atoms with Crippen LogP contribution in [0.25, 0.3) is 16.6 Å². The van der Waals surface area contributed by atoms with Gasteiger partial charge in [0.1, 0.15) is 0 Å². The van der Waals surface area contributed by atoms with Crippen LogP contribution in [-0.4, -0.2) is 28.1 Å². The summed E-state index contributed by atoms with van der Waals surface area (Å²) in [5, 5.41) is 4.16. The fourth-order valence-electron chi connectivity index (χ4n) is 2.61. The minimum atomic E-state index is -0.623. The van der Waals surface area contributed by atoms with E-state index in [1.54, 1.807) is 37.3 Å². The Morgan fingerprint density at radius 3 is 2.62 bits per heavy atom. The second-order valence-electron chi connectivity index (χ2n) is 5.12. The molecule has 4 N–H and O–H groups in total. The van der Waals surface area contributed by atoms with Gasteiger partial charge in [-0.1, -0.05) is 18.2 Å². The topological polar surface area (TPSA) is 113 Å². The number of ether oxygens (including phenoxy) is 1. The molecule has 0 radical (unpaired) electrons. The lowest BCUT2D eigenvalue weighted by Crippen LogP contribution is -2.16. The Bertz CT molecular complexity index is 946. The van der Waals surface area contributed by atoms with E-state index in [-0.39, 0.29) is 17.9 Å². The number of carbonyl (C=O) groups excluding carboxylic acids is 2. The van der Waals surface area contributed by atoms with E-state index < -0.39 is 11.9 Å². The summed E-state index contributed by atoms with van der Waals surface area (Å²) in [6, 6.07) is 10.4. The van der Waals surface area contributed by atoms with E-state index in [1.807, 2.05) is 6.07 Å². The summed E-state index contributed by atoms with van der Waals surface area (Å²) in [4.78, 5) is 23.9. The van der Waals surface area contributed by atoms with E-state index in [2.05, 4.69) is 5.10 Å². The van der Waals surface area contributed by atoms with E-state index in [9.17, 15) is 9.59 Å². The second kappa shape index (κ2) is 6.04. The number of anilines is 1. The van der Waals surface area contributed by atoms with E-state index >= 15 is 0 Å². The predicted molar refractivity (Wildman–Crippen MR) is 89.5 cm³/mol. The lowest BCUT2D eigenvalue weighted by molar-refractivity contribution is 0.0517. The van der Waals surface area contributed by atoms with Gasteiger partial charge in [-0.2, -0.15) is 5.10 Å². The molecule has 0 atom stereocenters. The summed E-state index contributed by atoms with van der Waals surface area (Å²) in [7, 11) is 0. The van der Waals surface area contributed by atoms with Crippen molar-refractivity contribution in [3.63, 3.8) is 0 Å². The molecule has 3 aromatic rings. The molecule has 2 aromatic heterocycles. The number of nitrogen functional groups attached to an aromatic ring is 1. The molecule has 1 amide bonds. The van der Waals surface area contributed by atoms with Crippen LogP contribution in [0, 0.1) is 0 Å². The maximum Gasteiger partial charge on any atom is 0.356 e. The third-order valence-corrected chi connectivity index (χ3v) is 3.66. The Balaban J connectivity index is 2.33. The fourth-order valence-corrected chi connectivity index (χ4v) is 2.61. The van der Waals surface area contributed by atoms with Gasteiger partial charge in [-0.05, 0) is 25.1 Å². The summed E-state index contributed by atoms with van der Waals surface area (Å²) in [6.07, 6.45) is 1.33. The van der Waals surface area contributed by atoms with Gasteiger partial charge in [0.05, 0.1) is 23.9 Å². The van der Waals surface area contributed by atoms with Crippen LogP contribution in [-0.2, 0) is 4.74 Å². The van der Waals surface area contributed by atoms with Gasteiger partial charge in [-0.3, -0.25) is 4.79 Å². The van der Waals surface area contributed by atoms with E-state index in [0.29, 0.717) is 22.3 Å². The summed E-state index contributed by atoms with van der Waals surface area (Å²) in [5.41, 5.74) is 14.3. The van der Waals surface area contributed by atoms with Gasteiger partial charge < -0.3 is 16.2 Å². The van der Waals surface area contributed by atoms with Gasteiger partial charge in [0.15, 0.2) is 5.69 Å². The summed E-state index contributed by atoms with van der Waals surface area (Å²) < 4.78 is 6.45. The van der Waals surface area contributed by atoms with Crippen LogP contribution in [0.15, 0.2) is 42.6 Å². The first-order chi connectivity index (χ1) is 11.5. The number of hydrogen-bond acceptors (Lipinski definition) is 5. The number of rotatable bonds is 4. The monoisotopic (exact) mass is 324 g/mol. The number of nitrogens with zero attached hydrogens (tertiary/aromatic N) is 2. The maximum atomic E-state index is 12.1. The van der Waals surface area contributed by atoms with Crippen molar-refractivity contribution < 1.29 is 14.3 Å². The molecule has 0 saturated carbocycles. The molecule has 1 aromatic carbocycles. The van der Waals surface area contributed by atoms with Crippen molar-refractivity contribution in [2.24, 2.45) is 5.73 Å². The highest BCUT2D eigenvalue weighted by atomic mass is 16.5. The molecule has 0 fully saturated rings. The van der Waals surface area contributed by atoms with Crippen molar-refractivity contribution in [1.82, 2.24) is 9.61 Å². The van der Waals surface area contributed by atoms with Gasteiger partial charge in [0, 0.05) is 16.8 Å². The van der Waals surface area contributed by atoms with Gasteiger partial charge in [0.25, 0.3) is 5.91 Å². The Labute approximate surface area is 137 Å². The zero-order valence-electron chi connectivity index (χ0n) is 13.0. The van der Waals surface area contributed by atoms with Gasteiger partial charge in [-0.15, -0.1) is 0 Å². The number of esters is 1. The smallest absolute Gasteiger partial charge is 0.356 e. The molecule has 0 aliphatic rings. The molecular weight excluding hydrogens is 308 g/mol. The molecule has 7 heteroatoms. The van der Waals surface area contributed by atoms with Gasteiger partial charge in [0.2, 0.25) is 0 Å². The number of aromatic nitrogens is 2.